The molecule has 0 spiro atoms. The van der Waals surface area contributed by atoms with Crippen molar-refractivity contribution in [3.05, 3.63) is 23.9 Å². The third-order valence-electron chi connectivity index (χ3n) is 3.55. The summed E-state index contributed by atoms with van der Waals surface area (Å²) in [6.45, 7) is 4.49. The zero-order valence-corrected chi connectivity index (χ0v) is 11.0. The number of anilines is 1. The van der Waals surface area contributed by atoms with Gasteiger partial charge < -0.3 is 10.6 Å². The van der Waals surface area contributed by atoms with Crippen molar-refractivity contribution in [1.29, 1.82) is 0 Å². The normalized spacial score (nSPS) is 17.1. The van der Waals surface area contributed by atoms with Crippen molar-refractivity contribution in [2.24, 2.45) is 11.7 Å². The highest BCUT2D eigenvalue weighted by Crippen LogP contribution is 2.23. The number of rotatable bonds is 3. The first-order valence-electron chi connectivity index (χ1n) is 6.21. The molecule has 0 radical (unpaired) electrons. The Bertz CT molecular complexity index is 380. The summed E-state index contributed by atoms with van der Waals surface area (Å²) in [6, 6.07) is 3.97. The Balaban J connectivity index is 2.01. The van der Waals surface area contributed by atoms with Gasteiger partial charge in [0.1, 0.15) is 10.8 Å². The number of hydrogen-bond donors (Lipinski definition) is 1. The largest absolute Gasteiger partial charge is 0.389 e. The number of nitrogens with zero attached hydrogens (tertiary/aromatic N) is 2. The molecule has 0 aromatic carbocycles. The number of pyridine rings is 1. The highest BCUT2D eigenvalue weighted by molar-refractivity contribution is 7.80. The van der Waals surface area contributed by atoms with Crippen LogP contribution in [0, 0.1) is 5.92 Å². The predicted octanol–water partition coefficient (Wildman–Crippen LogP) is 2.34. The highest BCUT2D eigenvalue weighted by atomic mass is 32.1. The van der Waals surface area contributed by atoms with Crippen LogP contribution in [0.15, 0.2) is 18.3 Å². The number of nitrogens with two attached hydrogens (primary N) is 1. The van der Waals surface area contributed by atoms with Crippen molar-refractivity contribution < 1.29 is 0 Å². The van der Waals surface area contributed by atoms with Gasteiger partial charge in [-0.05, 0) is 30.9 Å². The van der Waals surface area contributed by atoms with E-state index in [0.717, 1.165) is 30.4 Å². The Kier molecular flexibility index (Phi) is 3.94. The van der Waals surface area contributed by atoms with Gasteiger partial charge in [-0.1, -0.05) is 25.6 Å². The smallest absolute Gasteiger partial charge is 0.128 e. The van der Waals surface area contributed by atoms with Gasteiger partial charge in [-0.3, -0.25) is 0 Å². The van der Waals surface area contributed by atoms with Crippen molar-refractivity contribution in [2.45, 2.75) is 26.2 Å². The van der Waals surface area contributed by atoms with Crippen LogP contribution < -0.4 is 10.6 Å². The SMILES string of the molecule is CCC1CCN(c2ccc(C(N)=S)cn2)CC1. The summed E-state index contributed by atoms with van der Waals surface area (Å²) in [5.74, 6) is 1.93. The molecule has 2 heterocycles. The zero-order valence-electron chi connectivity index (χ0n) is 10.2. The van der Waals surface area contributed by atoms with Crippen molar-refractivity contribution in [3.8, 4) is 0 Å². The monoisotopic (exact) mass is 249 g/mol. The molecule has 1 fully saturated rings. The van der Waals surface area contributed by atoms with Gasteiger partial charge in [0.25, 0.3) is 0 Å². The van der Waals surface area contributed by atoms with Gasteiger partial charge in [0.05, 0.1) is 0 Å². The molecule has 1 aliphatic heterocycles. The van der Waals surface area contributed by atoms with Crippen LogP contribution in [-0.4, -0.2) is 23.1 Å². The molecule has 1 aromatic rings. The fourth-order valence-electron chi connectivity index (χ4n) is 2.29. The summed E-state index contributed by atoms with van der Waals surface area (Å²) in [5.41, 5.74) is 6.40. The Hall–Kier alpha value is -1.16. The molecule has 0 amide bonds. The van der Waals surface area contributed by atoms with Crippen LogP contribution in [0.25, 0.3) is 0 Å². The molecule has 0 unspecified atom stereocenters. The lowest BCUT2D eigenvalue weighted by Crippen LogP contribution is -2.34. The average Bonchev–Trinajstić information content (AvgIpc) is 2.39. The second-order valence-corrected chi connectivity index (χ2v) is 5.05. The molecule has 2 rings (SSSR count). The topological polar surface area (TPSA) is 42.1 Å². The minimum Gasteiger partial charge on any atom is -0.389 e. The third-order valence-corrected chi connectivity index (χ3v) is 3.78. The number of aromatic nitrogens is 1. The summed E-state index contributed by atoms with van der Waals surface area (Å²) in [4.78, 5) is 7.19. The second-order valence-electron chi connectivity index (χ2n) is 4.61. The summed E-state index contributed by atoms with van der Waals surface area (Å²) in [7, 11) is 0. The van der Waals surface area contributed by atoms with Gasteiger partial charge in [-0.2, -0.15) is 0 Å². The maximum atomic E-state index is 5.56. The minimum absolute atomic E-state index is 0.411. The van der Waals surface area contributed by atoms with E-state index in [4.69, 9.17) is 18.0 Å². The standard InChI is InChI=1S/C13H19N3S/c1-2-10-5-7-16(8-6-10)12-4-3-11(9-15-12)13(14)17/h3-4,9-10H,2,5-8H2,1H3,(H2,14,17). The number of hydrogen-bond acceptors (Lipinski definition) is 3. The number of thiocarbonyl (C=S) groups is 1. The lowest BCUT2D eigenvalue weighted by Gasteiger charge is -2.32. The van der Waals surface area contributed by atoms with E-state index in [1.54, 1.807) is 6.20 Å². The predicted molar refractivity (Wildman–Crippen MR) is 75.4 cm³/mol. The fraction of sp³-hybridized carbons (Fsp3) is 0.538. The van der Waals surface area contributed by atoms with Crippen LogP contribution in [0.4, 0.5) is 5.82 Å². The molecule has 0 aliphatic carbocycles. The second kappa shape index (κ2) is 5.45. The summed E-state index contributed by atoms with van der Waals surface area (Å²) in [5, 5.41) is 0. The van der Waals surface area contributed by atoms with E-state index in [-0.39, 0.29) is 0 Å². The molecular formula is C13H19N3S. The molecular weight excluding hydrogens is 230 g/mol. The first kappa shape index (κ1) is 12.3. The van der Waals surface area contributed by atoms with Crippen LogP contribution in [0.2, 0.25) is 0 Å². The van der Waals surface area contributed by atoms with Crippen LogP contribution in [0.3, 0.4) is 0 Å². The summed E-state index contributed by atoms with van der Waals surface area (Å²) < 4.78 is 0. The average molecular weight is 249 g/mol. The molecule has 17 heavy (non-hydrogen) atoms. The quantitative estimate of drug-likeness (QED) is 0.835. The van der Waals surface area contributed by atoms with E-state index in [1.165, 1.54) is 19.3 Å². The Labute approximate surface area is 108 Å². The van der Waals surface area contributed by atoms with Gasteiger partial charge in [0.15, 0.2) is 0 Å². The molecule has 92 valence electrons. The lowest BCUT2D eigenvalue weighted by molar-refractivity contribution is 0.394. The number of piperidine rings is 1. The van der Waals surface area contributed by atoms with Crippen LogP contribution in [0.5, 0.6) is 0 Å². The molecule has 0 atom stereocenters. The van der Waals surface area contributed by atoms with Crippen molar-refractivity contribution in [2.75, 3.05) is 18.0 Å². The van der Waals surface area contributed by atoms with Gasteiger partial charge in [-0.25, -0.2) is 4.98 Å². The maximum Gasteiger partial charge on any atom is 0.128 e. The van der Waals surface area contributed by atoms with Crippen molar-refractivity contribution in [3.63, 3.8) is 0 Å². The Morgan fingerprint density at radius 2 is 2.18 bits per heavy atom. The molecule has 2 N–H and O–H groups in total. The lowest BCUT2D eigenvalue weighted by atomic mass is 9.94. The van der Waals surface area contributed by atoms with E-state index < -0.39 is 0 Å². The van der Waals surface area contributed by atoms with Gasteiger partial charge >= 0.3 is 0 Å². The first-order chi connectivity index (χ1) is 8.20. The first-order valence-corrected chi connectivity index (χ1v) is 6.62. The third kappa shape index (κ3) is 2.94. The molecule has 4 heteroatoms. The van der Waals surface area contributed by atoms with Crippen LogP contribution in [-0.2, 0) is 0 Å². The van der Waals surface area contributed by atoms with E-state index in [0.29, 0.717) is 4.99 Å². The highest BCUT2D eigenvalue weighted by Gasteiger charge is 2.18. The van der Waals surface area contributed by atoms with Crippen LogP contribution >= 0.6 is 12.2 Å². The maximum absolute atomic E-state index is 5.56. The summed E-state index contributed by atoms with van der Waals surface area (Å²) in [6.07, 6.45) is 5.61. The van der Waals surface area contributed by atoms with E-state index in [2.05, 4.69) is 16.8 Å². The minimum atomic E-state index is 0.411. The molecule has 3 nitrogen and oxygen atoms in total. The molecule has 1 saturated heterocycles. The van der Waals surface area contributed by atoms with E-state index >= 15 is 0 Å². The van der Waals surface area contributed by atoms with E-state index in [1.807, 2.05) is 12.1 Å². The zero-order chi connectivity index (χ0) is 12.3. The van der Waals surface area contributed by atoms with Crippen molar-refractivity contribution in [1.82, 2.24) is 4.98 Å². The molecule has 0 saturated carbocycles. The van der Waals surface area contributed by atoms with Crippen molar-refractivity contribution >= 4 is 23.0 Å². The van der Waals surface area contributed by atoms with Gasteiger partial charge in [-0.15, -0.1) is 0 Å². The van der Waals surface area contributed by atoms with Gasteiger partial charge in [0, 0.05) is 24.8 Å². The molecule has 1 aliphatic rings. The van der Waals surface area contributed by atoms with E-state index in [9.17, 15) is 0 Å². The fourth-order valence-corrected chi connectivity index (χ4v) is 2.41. The summed E-state index contributed by atoms with van der Waals surface area (Å²) >= 11 is 4.92. The Morgan fingerprint density at radius 3 is 2.65 bits per heavy atom. The van der Waals surface area contributed by atoms with Gasteiger partial charge in [0.2, 0.25) is 0 Å². The Morgan fingerprint density at radius 1 is 1.47 bits per heavy atom. The molecule has 1 aromatic heterocycles. The van der Waals surface area contributed by atoms with Crippen LogP contribution in [0.1, 0.15) is 31.7 Å². The molecule has 0 bridgehead atoms.